The molecule has 1 atom stereocenters. The van der Waals surface area contributed by atoms with Gasteiger partial charge >= 0.3 is 0 Å². The van der Waals surface area contributed by atoms with Crippen molar-refractivity contribution in [3.63, 3.8) is 0 Å². The Labute approximate surface area is 220 Å². The fraction of sp³-hybridized carbons (Fsp3) is 0.310. The minimum atomic E-state index is -4.07. The molecule has 3 aromatic rings. The van der Waals surface area contributed by atoms with E-state index in [9.17, 15) is 18.0 Å². The van der Waals surface area contributed by atoms with Crippen LogP contribution in [0.4, 0.5) is 5.69 Å². The standard InChI is InChI=1S/C29H35N3O4S/c1-6-27(29(34)30-5)31(19-24-12-10-11-21(2)16-24)28(33)20-32(25-17-22(3)15-23(4)18-25)37(35,36)26-13-8-7-9-14-26/h7-18,27H,6,19-20H2,1-5H3,(H,30,34)/t27-/m1/s1. The zero-order chi connectivity index (χ0) is 27.2. The van der Waals surface area contributed by atoms with E-state index in [1.165, 1.54) is 24.1 Å². The summed E-state index contributed by atoms with van der Waals surface area (Å²) in [4.78, 5) is 28.3. The number of aryl methyl sites for hydroxylation is 3. The Bertz CT molecular complexity index is 1340. The van der Waals surface area contributed by atoms with Crippen LogP contribution in [0.25, 0.3) is 0 Å². The summed E-state index contributed by atoms with van der Waals surface area (Å²) >= 11 is 0. The summed E-state index contributed by atoms with van der Waals surface area (Å²) in [6.07, 6.45) is 0.381. The van der Waals surface area contributed by atoms with E-state index in [1.54, 1.807) is 30.3 Å². The van der Waals surface area contributed by atoms with E-state index in [4.69, 9.17) is 0 Å². The minimum absolute atomic E-state index is 0.0885. The van der Waals surface area contributed by atoms with E-state index in [2.05, 4.69) is 5.32 Å². The second-order valence-electron chi connectivity index (χ2n) is 9.22. The number of hydrogen-bond acceptors (Lipinski definition) is 4. The van der Waals surface area contributed by atoms with Crippen molar-refractivity contribution in [3.05, 3.63) is 95.1 Å². The van der Waals surface area contributed by atoms with E-state index in [0.717, 1.165) is 26.6 Å². The second kappa shape index (κ2) is 12.1. The van der Waals surface area contributed by atoms with Gasteiger partial charge in [-0.1, -0.05) is 61.0 Å². The van der Waals surface area contributed by atoms with Crippen LogP contribution in [0.15, 0.2) is 77.7 Å². The van der Waals surface area contributed by atoms with Crippen LogP contribution in [0.2, 0.25) is 0 Å². The number of hydrogen-bond donors (Lipinski definition) is 1. The van der Waals surface area contributed by atoms with Gasteiger partial charge in [-0.3, -0.25) is 13.9 Å². The maximum absolute atomic E-state index is 13.9. The highest BCUT2D eigenvalue weighted by atomic mass is 32.2. The highest BCUT2D eigenvalue weighted by molar-refractivity contribution is 7.92. The minimum Gasteiger partial charge on any atom is -0.357 e. The van der Waals surface area contributed by atoms with E-state index in [0.29, 0.717) is 12.1 Å². The predicted octanol–water partition coefficient (Wildman–Crippen LogP) is 4.36. The zero-order valence-electron chi connectivity index (χ0n) is 22.1. The van der Waals surface area contributed by atoms with Crippen molar-refractivity contribution >= 4 is 27.5 Å². The number of nitrogens with one attached hydrogen (secondary N) is 1. The molecule has 0 aliphatic rings. The van der Waals surface area contributed by atoms with Crippen LogP contribution in [0, 0.1) is 20.8 Å². The number of sulfonamides is 1. The number of anilines is 1. The summed E-state index contributed by atoms with van der Waals surface area (Å²) < 4.78 is 28.8. The number of nitrogens with zero attached hydrogens (tertiary/aromatic N) is 2. The van der Waals surface area contributed by atoms with Crippen molar-refractivity contribution in [2.75, 3.05) is 17.9 Å². The molecule has 0 aromatic heterocycles. The Hall–Kier alpha value is -3.65. The highest BCUT2D eigenvalue weighted by Gasteiger charge is 2.33. The zero-order valence-corrected chi connectivity index (χ0v) is 22.9. The summed E-state index contributed by atoms with van der Waals surface area (Å²) in [6, 6.07) is 20.5. The van der Waals surface area contributed by atoms with Crippen LogP contribution in [-0.2, 0) is 26.2 Å². The van der Waals surface area contributed by atoms with E-state index < -0.39 is 28.5 Å². The third kappa shape index (κ3) is 6.77. The first-order chi connectivity index (χ1) is 17.6. The highest BCUT2D eigenvalue weighted by Crippen LogP contribution is 2.27. The molecule has 0 bridgehead atoms. The first-order valence-electron chi connectivity index (χ1n) is 12.3. The average Bonchev–Trinajstić information content (AvgIpc) is 2.86. The monoisotopic (exact) mass is 521 g/mol. The second-order valence-corrected chi connectivity index (χ2v) is 11.1. The largest absolute Gasteiger partial charge is 0.357 e. The van der Waals surface area contributed by atoms with Gasteiger partial charge in [-0.25, -0.2) is 8.42 Å². The Morgan fingerprint density at radius 3 is 2.08 bits per heavy atom. The predicted molar refractivity (Wildman–Crippen MR) is 147 cm³/mol. The number of benzene rings is 3. The molecule has 8 heteroatoms. The van der Waals surface area contributed by atoms with E-state index >= 15 is 0 Å². The number of carbonyl (C=O) groups excluding carboxylic acids is 2. The molecule has 0 spiro atoms. The van der Waals surface area contributed by atoms with Gasteiger partial charge < -0.3 is 10.2 Å². The third-order valence-corrected chi connectivity index (χ3v) is 7.96. The molecule has 0 aliphatic heterocycles. The van der Waals surface area contributed by atoms with Gasteiger partial charge in [0.2, 0.25) is 11.8 Å². The SMILES string of the molecule is CC[C@H](C(=O)NC)N(Cc1cccc(C)c1)C(=O)CN(c1cc(C)cc(C)c1)S(=O)(=O)c1ccccc1. The normalized spacial score (nSPS) is 12.0. The summed E-state index contributed by atoms with van der Waals surface area (Å²) in [5.74, 6) is -0.761. The molecular formula is C29H35N3O4S. The maximum atomic E-state index is 13.9. The molecule has 0 saturated heterocycles. The number of amides is 2. The van der Waals surface area contributed by atoms with Crippen molar-refractivity contribution in [2.24, 2.45) is 0 Å². The summed E-state index contributed by atoms with van der Waals surface area (Å²) in [7, 11) is -2.54. The molecule has 0 heterocycles. The molecular weight excluding hydrogens is 486 g/mol. The Kier molecular flexibility index (Phi) is 9.10. The average molecular weight is 522 g/mol. The van der Waals surface area contributed by atoms with Gasteiger partial charge in [0.1, 0.15) is 12.6 Å². The number of carbonyl (C=O) groups is 2. The van der Waals surface area contributed by atoms with Gasteiger partial charge in [-0.15, -0.1) is 0 Å². The van der Waals surface area contributed by atoms with Crippen LogP contribution in [0.1, 0.15) is 35.6 Å². The molecule has 7 nitrogen and oxygen atoms in total. The molecule has 0 radical (unpaired) electrons. The lowest BCUT2D eigenvalue weighted by atomic mass is 10.1. The van der Waals surface area contributed by atoms with Crippen LogP contribution in [0.3, 0.4) is 0 Å². The van der Waals surface area contributed by atoms with Gasteiger partial charge in [0.05, 0.1) is 10.6 Å². The first kappa shape index (κ1) is 27.9. The lowest BCUT2D eigenvalue weighted by molar-refractivity contribution is -0.140. The summed E-state index contributed by atoms with van der Waals surface area (Å²) in [5, 5.41) is 2.64. The number of likely N-dealkylation sites (N-methyl/N-ethyl adjacent to an activating group) is 1. The van der Waals surface area contributed by atoms with Gasteiger partial charge in [-0.05, 0) is 68.1 Å². The molecule has 1 N–H and O–H groups in total. The first-order valence-corrected chi connectivity index (χ1v) is 13.7. The van der Waals surface area contributed by atoms with Crippen molar-refractivity contribution in [3.8, 4) is 0 Å². The van der Waals surface area contributed by atoms with Crippen molar-refractivity contribution in [2.45, 2.75) is 51.6 Å². The number of rotatable bonds is 10. The molecule has 196 valence electrons. The van der Waals surface area contributed by atoms with Gasteiger partial charge in [0.15, 0.2) is 0 Å². The lowest BCUT2D eigenvalue weighted by Crippen LogP contribution is -2.51. The van der Waals surface area contributed by atoms with Crippen LogP contribution < -0.4 is 9.62 Å². The van der Waals surface area contributed by atoms with Crippen molar-refractivity contribution in [1.82, 2.24) is 10.2 Å². The fourth-order valence-corrected chi connectivity index (χ4v) is 5.86. The molecule has 0 saturated carbocycles. The molecule has 3 aromatic carbocycles. The third-order valence-electron chi connectivity index (χ3n) is 6.17. The molecule has 2 amide bonds. The summed E-state index contributed by atoms with van der Waals surface area (Å²) in [5.41, 5.74) is 4.05. The van der Waals surface area contributed by atoms with Gasteiger partial charge in [0, 0.05) is 13.6 Å². The molecule has 0 aliphatic carbocycles. The molecule has 0 fully saturated rings. The van der Waals surface area contributed by atoms with Gasteiger partial charge in [-0.2, -0.15) is 0 Å². The molecule has 37 heavy (non-hydrogen) atoms. The topological polar surface area (TPSA) is 86.8 Å². The van der Waals surface area contributed by atoms with Crippen LogP contribution >= 0.6 is 0 Å². The smallest absolute Gasteiger partial charge is 0.264 e. The molecule has 0 unspecified atom stereocenters. The maximum Gasteiger partial charge on any atom is 0.264 e. The van der Waals surface area contributed by atoms with Crippen LogP contribution in [-0.4, -0.2) is 44.8 Å². The lowest BCUT2D eigenvalue weighted by Gasteiger charge is -2.33. The Morgan fingerprint density at radius 2 is 1.51 bits per heavy atom. The van der Waals surface area contributed by atoms with Crippen molar-refractivity contribution in [1.29, 1.82) is 0 Å². The van der Waals surface area contributed by atoms with E-state index in [1.807, 2.05) is 58.0 Å². The van der Waals surface area contributed by atoms with Gasteiger partial charge in [0.25, 0.3) is 10.0 Å². The quantitative estimate of drug-likeness (QED) is 0.430. The van der Waals surface area contributed by atoms with Crippen LogP contribution in [0.5, 0.6) is 0 Å². The Balaban J connectivity index is 2.08. The van der Waals surface area contributed by atoms with E-state index in [-0.39, 0.29) is 17.3 Å². The fourth-order valence-electron chi connectivity index (χ4n) is 4.44. The Morgan fingerprint density at radius 1 is 0.865 bits per heavy atom. The summed E-state index contributed by atoms with van der Waals surface area (Å²) in [6.45, 7) is 7.29. The van der Waals surface area contributed by atoms with Crippen molar-refractivity contribution < 1.29 is 18.0 Å². The molecule has 3 rings (SSSR count).